The SMILES string of the molecule is O=C(COc1c(Br)cc(CNC2CC2)cc1Br)NCc1ccccc1. The zero-order valence-electron chi connectivity index (χ0n) is 13.7. The maximum Gasteiger partial charge on any atom is 0.258 e. The molecule has 2 aromatic carbocycles. The van der Waals surface area contributed by atoms with Crippen LogP contribution in [0.4, 0.5) is 0 Å². The number of hydrogen-bond donors (Lipinski definition) is 2. The molecular formula is C19H20Br2N2O2. The lowest BCUT2D eigenvalue weighted by molar-refractivity contribution is -0.123. The van der Waals surface area contributed by atoms with E-state index in [2.05, 4.69) is 42.5 Å². The molecule has 1 amide bonds. The number of ether oxygens (including phenoxy) is 1. The van der Waals surface area contributed by atoms with Gasteiger partial charge in [0, 0.05) is 19.1 Å². The van der Waals surface area contributed by atoms with Crippen LogP contribution in [-0.2, 0) is 17.9 Å². The van der Waals surface area contributed by atoms with Crippen LogP contribution in [0, 0.1) is 0 Å². The highest BCUT2D eigenvalue weighted by molar-refractivity contribution is 9.11. The molecule has 1 aliphatic carbocycles. The van der Waals surface area contributed by atoms with Crippen LogP contribution in [0.1, 0.15) is 24.0 Å². The molecule has 0 spiro atoms. The number of benzene rings is 2. The molecule has 1 saturated carbocycles. The second kappa shape index (κ2) is 8.83. The topological polar surface area (TPSA) is 50.4 Å². The van der Waals surface area contributed by atoms with Crippen molar-refractivity contribution in [1.29, 1.82) is 0 Å². The van der Waals surface area contributed by atoms with Gasteiger partial charge < -0.3 is 15.4 Å². The first-order chi connectivity index (χ1) is 12.1. The van der Waals surface area contributed by atoms with Crippen LogP contribution < -0.4 is 15.4 Å². The Morgan fingerprint density at radius 2 is 1.72 bits per heavy atom. The average Bonchev–Trinajstić information content (AvgIpc) is 3.43. The summed E-state index contributed by atoms with van der Waals surface area (Å²) in [5.41, 5.74) is 2.23. The Morgan fingerprint density at radius 1 is 1.04 bits per heavy atom. The minimum atomic E-state index is -0.151. The number of carbonyl (C=O) groups is 1. The second-order valence-corrected chi connectivity index (χ2v) is 7.80. The summed E-state index contributed by atoms with van der Waals surface area (Å²) in [4.78, 5) is 12.0. The van der Waals surface area contributed by atoms with Gasteiger partial charge in [-0.2, -0.15) is 0 Å². The van der Waals surface area contributed by atoms with Crippen molar-refractivity contribution in [2.75, 3.05) is 6.61 Å². The van der Waals surface area contributed by atoms with E-state index in [1.165, 1.54) is 18.4 Å². The average molecular weight is 468 g/mol. The van der Waals surface area contributed by atoms with E-state index in [0.717, 1.165) is 21.1 Å². The molecule has 2 N–H and O–H groups in total. The number of rotatable bonds is 8. The summed E-state index contributed by atoms with van der Waals surface area (Å²) >= 11 is 7.06. The first kappa shape index (κ1) is 18.4. The molecule has 25 heavy (non-hydrogen) atoms. The molecule has 0 aromatic heterocycles. The van der Waals surface area contributed by atoms with Gasteiger partial charge in [0.2, 0.25) is 0 Å². The normalized spacial score (nSPS) is 13.5. The summed E-state index contributed by atoms with van der Waals surface area (Å²) in [5, 5.41) is 6.34. The largest absolute Gasteiger partial charge is 0.481 e. The van der Waals surface area contributed by atoms with Gasteiger partial charge in [0.1, 0.15) is 5.75 Å². The maximum atomic E-state index is 12.0. The highest BCUT2D eigenvalue weighted by Crippen LogP contribution is 2.35. The summed E-state index contributed by atoms with van der Waals surface area (Å²) in [6, 6.07) is 14.5. The minimum Gasteiger partial charge on any atom is -0.481 e. The standard InChI is InChI=1S/C19H20Br2N2O2/c20-16-8-14(11-22-15-6-7-15)9-17(21)19(16)25-12-18(24)23-10-13-4-2-1-3-5-13/h1-5,8-9,15,22H,6-7,10-12H2,(H,23,24). The summed E-state index contributed by atoms with van der Waals surface area (Å²) in [6.07, 6.45) is 2.53. The van der Waals surface area contributed by atoms with Crippen LogP contribution in [-0.4, -0.2) is 18.6 Å². The zero-order valence-corrected chi connectivity index (χ0v) is 16.9. The van der Waals surface area contributed by atoms with Crippen LogP contribution in [0.15, 0.2) is 51.4 Å². The van der Waals surface area contributed by atoms with E-state index in [9.17, 15) is 4.79 Å². The molecule has 0 saturated heterocycles. The second-order valence-electron chi connectivity index (χ2n) is 6.09. The molecule has 0 bridgehead atoms. The van der Waals surface area contributed by atoms with E-state index in [4.69, 9.17) is 4.74 Å². The van der Waals surface area contributed by atoms with Gasteiger partial charge in [-0.05, 0) is 68.0 Å². The fourth-order valence-electron chi connectivity index (χ4n) is 2.39. The fourth-order valence-corrected chi connectivity index (χ4v) is 3.90. The van der Waals surface area contributed by atoms with Crippen molar-refractivity contribution < 1.29 is 9.53 Å². The van der Waals surface area contributed by atoms with Crippen molar-refractivity contribution >= 4 is 37.8 Å². The first-order valence-electron chi connectivity index (χ1n) is 8.26. The zero-order chi connectivity index (χ0) is 17.6. The number of amides is 1. The molecule has 1 aliphatic rings. The van der Waals surface area contributed by atoms with Gasteiger partial charge in [0.25, 0.3) is 5.91 Å². The van der Waals surface area contributed by atoms with Crippen LogP contribution in [0.25, 0.3) is 0 Å². The van der Waals surface area contributed by atoms with Gasteiger partial charge in [-0.3, -0.25) is 4.79 Å². The first-order valence-corrected chi connectivity index (χ1v) is 9.85. The Bertz CT molecular complexity index is 710. The quantitative estimate of drug-likeness (QED) is 0.612. The lowest BCUT2D eigenvalue weighted by Gasteiger charge is -2.13. The van der Waals surface area contributed by atoms with E-state index in [0.29, 0.717) is 18.3 Å². The summed E-state index contributed by atoms with van der Waals surface area (Å²) in [7, 11) is 0. The molecule has 3 rings (SSSR count). The third-order valence-electron chi connectivity index (χ3n) is 3.91. The molecular weight excluding hydrogens is 448 g/mol. The Balaban J connectivity index is 1.50. The minimum absolute atomic E-state index is 0.0241. The van der Waals surface area contributed by atoms with Crippen LogP contribution in [0.5, 0.6) is 5.75 Å². The van der Waals surface area contributed by atoms with Crippen molar-refractivity contribution in [2.45, 2.75) is 32.0 Å². The van der Waals surface area contributed by atoms with E-state index in [-0.39, 0.29) is 12.5 Å². The monoisotopic (exact) mass is 466 g/mol. The van der Waals surface area contributed by atoms with Gasteiger partial charge in [0.15, 0.2) is 6.61 Å². The fraction of sp³-hybridized carbons (Fsp3) is 0.316. The van der Waals surface area contributed by atoms with E-state index >= 15 is 0 Å². The Hall–Kier alpha value is -1.37. The molecule has 132 valence electrons. The van der Waals surface area contributed by atoms with Crippen LogP contribution in [0.3, 0.4) is 0 Å². The maximum absolute atomic E-state index is 12.0. The third kappa shape index (κ3) is 5.83. The molecule has 4 nitrogen and oxygen atoms in total. The number of hydrogen-bond acceptors (Lipinski definition) is 3. The van der Waals surface area contributed by atoms with Crippen molar-refractivity contribution in [1.82, 2.24) is 10.6 Å². The van der Waals surface area contributed by atoms with Crippen molar-refractivity contribution in [3.05, 3.63) is 62.5 Å². The van der Waals surface area contributed by atoms with Gasteiger partial charge in [-0.15, -0.1) is 0 Å². The van der Waals surface area contributed by atoms with Gasteiger partial charge in [0.05, 0.1) is 8.95 Å². The van der Waals surface area contributed by atoms with Gasteiger partial charge in [-0.1, -0.05) is 30.3 Å². The Morgan fingerprint density at radius 3 is 2.36 bits per heavy atom. The number of nitrogens with one attached hydrogen (secondary N) is 2. The van der Waals surface area contributed by atoms with Crippen molar-refractivity contribution in [3.63, 3.8) is 0 Å². The van der Waals surface area contributed by atoms with Crippen molar-refractivity contribution in [2.24, 2.45) is 0 Å². The lowest BCUT2D eigenvalue weighted by Crippen LogP contribution is -2.28. The van der Waals surface area contributed by atoms with Crippen molar-refractivity contribution in [3.8, 4) is 5.75 Å². The molecule has 0 radical (unpaired) electrons. The Labute approximate surface area is 164 Å². The van der Waals surface area contributed by atoms with Gasteiger partial charge in [-0.25, -0.2) is 0 Å². The summed E-state index contributed by atoms with van der Waals surface area (Å²) in [6.45, 7) is 1.31. The highest BCUT2D eigenvalue weighted by Gasteiger charge is 2.20. The molecule has 0 aliphatic heterocycles. The van der Waals surface area contributed by atoms with E-state index in [1.54, 1.807) is 0 Å². The molecule has 6 heteroatoms. The summed E-state index contributed by atoms with van der Waals surface area (Å²) < 4.78 is 7.36. The number of carbonyl (C=O) groups excluding carboxylic acids is 1. The van der Waals surface area contributed by atoms with Crippen LogP contribution in [0.2, 0.25) is 0 Å². The molecule has 0 heterocycles. The van der Waals surface area contributed by atoms with E-state index < -0.39 is 0 Å². The molecule has 0 unspecified atom stereocenters. The predicted octanol–water partition coefficient (Wildman–Crippen LogP) is 4.16. The number of halogens is 2. The predicted molar refractivity (Wildman–Crippen MR) is 105 cm³/mol. The smallest absolute Gasteiger partial charge is 0.258 e. The Kier molecular flexibility index (Phi) is 6.51. The van der Waals surface area contributed by atoms with E-state index in [1.807, 2.05) is 42.5 Å². The summed E-state index contributed by atoms with van der Waals surface area (Å²) in [5.74, 6) is 0.493. The van der Waals surface area contributed by atoms with Gasteiger partial charge >= 0.3 is 0 Å². The highest BCUT2D eigenvalue weighted by atomic mass is 79.9. The third-order valence-corrected chi connectivity index (χ3v) is 5.09. The molecule has 2 aromatic rings. The molecule has 1 fully saturated rings. The molecule has 0 atom stereocenters. The van der Waals surface area contributed by atoms with Crippen LogP contribution >= 0.6 is 31.9 Å². The lowest BCUT2D eigenvalue weighted by atomic mass is 10.2.